The third-order valence-corrected chi connectivity index (χ3v) is 7.32. The fourth-order valence-electron chi connectivity index (χ4n) is 4.28. The Hall–Kier alpha value is -2.74. The number of aryl methyl sites for hydroxylation is 1. The van der Waals surface area contributed by atoms with Gasteiger partial charge in [-0.15, -0.1) is 0 Å². The molecule has 1 atom stereocenters. The van der Waals surface area contributed by atoms with Gasteiger partial charge in [0, 0.05) is 43.6 Å². The van der Waals surface area contributed by atoms with Gasteiger partial charge in [0.1, 0.15) is 5.82 Å². The molecule has 0 radical (unpaired) electrons. The molecule has 0 spiro atoms. The van der Waals surface area contributed by atoms with E-state index in [-0.39, 0.29) is 17.1 Å². The van der Waals surface area contributed by atoms with Crippen LogP contribution in [0.5, 0.6) is 0 Å². The Balaban J connectivity index is 1.67. The van der Waals surface area contributed by atoms with Crippen molar-refractivity contribution in [2.45, 2.75) is 26.4 Å². The quantitative estimate of drug-likeness (QED) is 0.298. The molecule has 1 aromatic heterocycles. The Kier molecular flexibility index (Phi) is 10.3. The second-order valence-electron chi connectivity index (χ2n) is 9.80. The number of benzene rings is 1. The molecule has 214 valence electrons. The standard InChI is InChI=1S/C25H34ClF3N8OS/c1-5-37-10-8-24(15-37,21(39)30-9-11-36(3)4)14-31-20-12-16(2)32-22(34-20)35-23(38)33-17-6-7-18(19(26)13-17)25(27,28)29/h6-7,12-13H,5,8-11,14-15H2,1-4H3,(H,30,39)(H3,31,32,33,34,35,38). The zero-order valence-electron chi connectivity index (χ0n) is 22.4. The van der Waals surface area contributed by atoms with Gasteiger partial charge < -0.3 is 25.8 Å². The van der Waals surface area contributed by atoms with E-state index < -0.39 is 22.8 Å². The summed E-state index contributed by atoms with van der Waals surface area (Å²) in [6.07, 6.45) is -3.69. The number of amides is 2. The number of aromatic nitrogens is 2. The Morgan fingerprint density at radius 2 is 1.97 bits per heavy atom. The van der Waals surface area contributed by atoms with E-state index in [2.05, 4.69) is 48.0 Å². The second kappa shape index (κ2) is 13.1. The highest BCUT2D eigenvalue weighted by atomic mass is 35.5. The Morgan fingerprint density at radius 1 is 1.23 bits per heavy atom. The van der Waals surface area contributed by atoms with Crippen LogP contribution >= 0.6 is 23.8 Å². The predicted molar refractivity (Wildman–Crippen MR) is 153 cm³/mol. The normalized spacial score (nSPS) is 17.8. The Bertz CT molecular complexity index is 1180. The molecular formula is C25H34ClF3N8OS. The van der Waals surface area contributed by atoms with Crippen LogP contribution in [0.25, 0.3) is 0 Å². The van der Waals surface area contributed by atoms with Crippen LogP contribution in [0, 0.1) is 12.3 Å². The van der Waals surface area contributed by atoms with Gasteiger partial charge in [0.25, 0.3) is 0 Å². The van der Waals surface area contributed by atoms with E-state index in [4.69, 9.17) is 23.8 Å². The van der Waals surface area contributed by atoms with Gasteiger partial charge in [0.2, 0.25) is 5.95 Å². The molecule has 1 saturated heterocycles. The van der Waals surface area contributed by atoms with E-state index in [0.717, 1.165) is 62.3 Å². The molecule has 0 aliphatic carbocycles. The summed E-state index contributed by atoms with van der Waals surface area (Å²) < 4.78 is 38.8. The Labute approximate surface area is 236 Å². The number of urea groups is 1. The number of hydrogen-bond acceptors (Lipinski definition) is 7. The summed E-state index contributed by atoms with van der Waals surface area (Å²) in [5.74, 6) is 0.552. The number of alkyl halides is 3. The number of rotatable bonds is 10. The average Bonchev–Trinajstić information content (AvgIpc) is 3.26. The molecule has 2 amide bonds. The molecule has 1 aliphatic heterocycles. The van der Waals surface area contributed by atoms with Crippen LogP contribution in [0.3, 0.4) is 0 Å². The smallest absolute Gasteiger partial charge is 0.378 e. The van der Waals surface area contributed by atoms with E-state index in [1.54, 1.807) is 13.0 Å². The number of thiocarbonyl (C=S) groups is 1. The number of carbonyl (C=O) groups excluding carboxylic acids is 1. The highest BCUT2D eigenvalue weighted by Crippen LogP contribution is 2.36. The van der Waals surface area contributed by atoms with E-state index in [0.29, 0.717) is 18.1 Å². The van der Waals surface area contributed by atoms with Gasteiger partial charge in [0.05, 0.1) is 21.0 Å². The van der Waals surface area contributed by atoms with Gasteiger partial charge in [-0.2, -0.15) is 18.2 Å². The highest BCUT2D eigenvalue weighted by Gasteiger charge is 2.41. The third kappa shape index (κ3) is 8.62. The first-order valence-electron chi connectivity index (χ1n) is 12.5. The summed E-state index contributed by atoms with van der Waals surface area (Å²) >= 11 is 11.6. The van der Waals surface area contributed by atoms with Crippen molar-refractivity contribution in [3.63, 3.8) is 0 Å². The van der Waals surface area contributed by atoms with Crippen molar-refractivity contribution in [1.82, 2.24) is 25.1 Å². The molecule has 0 saturated carbocycles. The molecule has 1 aromatic carbocycles. The van der Waals surface area contributed by atoms with Gasteiger partial charge in [-0.3, -0.25) is 5.32 Å². The number of carbonyl (C=O) groups is 1. The molecule has 1 fully saturated rings. The van der Waals surface area contributed by atoms with Crippen molar-refractivity contribution in [2.24, 2.45) is 5.41 Å². The van der Waals surface area contributed by atoms with Crippen molar-refractivity contribution in [1.29, 1.82) is 0 Å². The maximum atomic E-state index is 12.9. The molecule has 39 heavy (non-hydrogen) atoms. The number of likely N-dealkylation sites (tertiary alicyclic amines) is 1. The summed E-state index contributed by atoms with van der Waals surface area (Å²) in [5, 5.41) is 11.2. The van der Waals surface area contributed by atoms with Gasteiger partial charge in [0.15, 0.2) is 0 Å². The summed E-state index contributed by atoms with van der Waals surface area (Å²) in [4.78, 5) is 26.4. The van der Waals surface area contributed by atoms with Gasteiger partial charge >= 0.3 is 12.2 Å². The van der Waals surface area contributed by atoms with Crippen molar-refractivity contribution < 1.29 is 18.0 Å². The predicted octanol–water partition coefficient (Wildman–Crippen LogP) is 4.70. The van der Waals surface area contributed by atoms with Crippen LogP contribution in [0.4, 0.5) is 35.4 Å². The van der Waals surface area contributed by atoms with Crippen LogP contribution in [-0.4, -0.2) is 84.2 Å². The van der Waals surface area contributed by atoms with Crippen LogP contribution in [-0.2, 0) is 6.18 Å². The van der Waals surface area contributed by atoms with Crippen molar-refractivity contribution in [3.8, 4) is 0 Å². The minimum Gasteiger partial charge on any atom is -0.378 e. The molecule has 2 aromatic rings. The number of likely N-dealkylation sites (N-methyl/N-ethyl adjacent to an activating group) is 1. The zero-order chi connectivity index (χ0) is 28.8. The first-order chi connectivity index (χ1) is 18.3. The lowest BCUT2D eigenvalue weighted by atomic mass is 9.86. The summed E-state index contributed by atoms with van der Waals surface area (Å²) in [6, 6.07) is 4.00. The summed E-state index contributed by atoms with van der Waals surface area (Å²) in [5.41, 5.74) is -0.552. The molecule has 14 heteroatoms. The number of hydrogen-bond donors (Lipinski definition) is 4. The fraction of sp³-hybridized carbons (Fsp3) is 0.520. The van der Waals surface area contributed by atoms with E-state index >= 15 is 0 Å². The first-order valence-corrected chi connectivity index (χ1v) is 13.3. The molecule has 3 rings (SSSR count). The highest BCUT2D eigenvalue weighted by molar-refractivity contribution is 7.80. The van der Waals surface area contributed by atoms with Gasteiger partial charge in [-0.25, -0.2) is 9.78 Å². The number of nitrogens with zero attached hydrogens (tertiary/aromatic N) is 4. The van der Waals surface area contributed by atoms with Gasteiger partial charge in [-0.1, -0.05) is 30.7 Å². The molecule has 0 bridgehead atoms. The molecular weight excluding hydrogens is 553 g/mol. The third-order valence-electron chi connectivity index (χ3n) is 6.43. The number of anilines is 3. The maximum Gasteiger partial charge on any atom is 0.417 e. The summed E-state index contributed by atoms with van der Waals surface area (Å²) in [6.45, 7) is 8.74. The van der Waals surface area contributed by atoms with Crippen LogP contribution in [0.2, 0.25) is 5.02 Å². The van der Waals surface area contributed by atoms with E-state index in [1.165, 1.54) is 0 Å². The minimum atomic E-state index is -4.59. The van der Waals surface area contributed by atoms with Crippen LogP contribution < -0.4 is 21.3 Å². The largest absolute Gasteiger partial charge is 0.417 e. The molecule has 1 aliphatic rings. The zero-order valence-corrected chi connectivity index (χ0v) is 23.9. The Morgan fingerprint density at radius 3 is 2.59 bits per heavy atom. The monoisotopic (exact) mass is 586 g/mol. The number of halogens is 4. The van der Waals surface area contributed by atoms with E-state index in [1.807, 2.05) is 14.1 Å². The molecule has 2 heterocycles. The lowest BCUT2D eigenvalue weighted by Gasteiger charge is -2.31. The van der Waals surface area contributed by atoms with Crippen LogP contribution in [0.15, 0.2) is 24.3 Å². The molecule has 1 unspecified atom stereocenters. The van der Waals surface area contributed by atoms with Crippen molar-refractivity contribution >= 4 is 52.3 Å². The average molecular weight is 587 g/mol. The summed E-state index contributed by atoms with van der Waals surface area (Å²) in [7, 11) is 4.02. The SMILES string of the molecule is CCN1CCC(CNc2cc(C)nc(NC(=O)Nc3ccc(C(F)(F)F)c(Cl)c3)n2)(C(=S)NCCN(C)C)C1. The fourth-order valence-corrected chi connectivity index (χ4v) is 4.91. The first kappa shape index (κ1) is 30.8. The molecule has 4 N–H and O–H groups in total. The number of nitrogens with one attached hydrogen (secondary N) is 4. The van der Waals surface area contributed by atoms with Crippen molar-refractivity contribution in [3.05, 3.63) is 40.5 Å². The minimum absolute atomic E-state index is 0.0374. The van der Waals surface area contributed by atoms with Gasteiger partial charge in [-0.05, 0) is 58.7 Å². The van der Waals surface area contributed by atoms with Crippen LogP contribution in [0.1, 0.15) is 24.6 Å². The van der Waals surface area contributed by atoms with Crippen molar-refractivity contribution in [2.75, 3.05) is 69.3 Å². The lowest BCUT2D eigenvalue weighted by Crippen LogP contribution is -2.47. The lowest BCUT2D eigenvalue weighted by molar-refractivity contribution is -0.137. The maximum absolute atomic E-state index is 12.9. The second-order valence-corrected chi connectivity index (χ2v) is 10.6. The van der Waals surface area contributed by atoms with E-state index in [9.17, 15) is 18.0 Å². The topological polar surface area (TPSA) is 97.4 Å². The molecule has 9 nitrogen and oxygen atoms in total.